The molecule has 120 valence electrons. The third kappa shape index (κ3) is 6.09. The zero-order valence-corrected chi connectivity index (χ0v) is 16.9. The second-order valence-corrected chi connectivity index (χ2v) is 14.0. The van der Waals surface area contributed by atoms with E-state index in [9.17, 15) is 8.42 Å². The molecule has 0 bridgehead atoms. The van der Waals surface area contributed by atoms with E-state index in [0.717, 1.165) is 5.56 Å². The number of aryl methyl sites for hydroxylation is 1. The van der Waals surface area contributed by atoms with Gasteiger partial charge in [0.15, 0.2) is 0 Å². The van der Waals surface area contributed by atoms with Gasteiger partial charge >= 0.3 is 0 Å². The highest BCUT2D eigenvalue weighted by Gasteiger charge is 2.24. The van der Waals surface area contributed by atoms with Crippen molar-refractivity contribution in [3.05, 3.63) is 40.9 Å². The number of hydrogen-bond donors (Lipinski definition) is 0. The van der Waals surface area contributed by atoms with Crippen molar-refractivity contribution < 1.29 is 8.42 Å². The monoisotopic (exact) mass is 399 g/mol. The van der Waals surface area contributed by atoms with Gasteiger partial charge in [0, 0.05) is 11.0 Å². The van der Waals surface area contributed by atoms with E-state index in [1.54, 1.807) is 24.3 Å². The highest BCUT2D eigenvalue weighted by Crippen LogP contribution is 2.18. The first-order valence-electron chi connectivity index (χ1n) is 6.92. The maximum absolute atomic E-state index is 12.7. The SMILES string of the molecule is C=C(Br)CN(CC#C[Si](C)(C)C)S(=O)(=O)c1ccc(C)cc1. The normalized spacial score (nSPS) is 11.9. The van der Waals surface area contributed by atoms with Gasteiger partial charge in [-0.05, 0) is 19.1 Å². The van der Waals surface area contributed by atoms with E-state index in [-0.39, 0.29) is 18.0 Å². The lowest BCUT2D eigenvalue weighted by Crippen LogP contribution is -2.33. The minimum atomic E-state index is -3.58. The third-order valence-corrected chi connectivity index (χ3v) is 5.71. The molecule has 6 heteroatoms. The van der Waals surface area contributed by atoms with Crippen molar-refractivity contribution >= 4 is 34.0 Å². The van der Waals surface area contributed by atoms with Crippen LogP contribution < -0.4 is 0 Å². The summed E-state index contributed by atoms with van der Waals surface area (Å²) in [5.41, 5.74) is 4.22. The molecular weight excluding hydrogens is 378 g/mol. The molecule has 0 amide bonds. The van der Waals surface area contributed by atoms with E-state index in [0.29, 0.717) is 4.48 Å². The fourth-order valence-corrected chi connectivity index (χ4v) is 4.09. The molecule has 0 spiro atoms. The molecular formula is C16H22BrNO2SSi. The lowest BCUT2D eigenvalue weighted by Gasteiger charge is -2.20. The van der Waals surface area contributed by atoms with E-state index < -0.39 is 18.1 Å². The van der Waals surface area contributed by atoms with Crippen molar-refractivity contribution in [3.8, 4) is 11.5 Å². The summed E-state index contributed by atoms with van der Waals surface area (Å²) in [4.78, 5) is 0.279. The Labute approximate surface area is 143 Å². The smallest absolute Gasteiger partial charge is 0.207 e. The average molecular weight is 400 g/mol. The van der Waals surface area contributed by atoms with Crippen molar-refractivity contribution in [2.24, 2.45) is 0 Å². The van der Waals surface area contributed by atoms with E-state index >= 15 is 0 Å². The average Bonchev–Trinajstić information content (AvgIpc) is 2.36. The van der Waals surface area contributed by atoms with Gasteiger partial charge in [-0.3, -0.25) is 0 Å². The standard InChI is InChI=1S/C16H22BrNO2SSi/c1-14-7-9-16(10-8-14)21(19,20)18(13-15(2)17)11-6-12-22(3,4)5/h7-10H,2,11,13H2,1,3-5H3. The molecule has 1 aromatic rings. The van der Waals surface area contributed by atoms with Crippen molar-refractivity contribution in [1.82, 2.24) is 4.31 Å². The minimum Gasteiger partial charge on any atom is -0.207 e. The molecule has 0 aliphatic rings. The summed E-state index contributed by atoms with van der Waals surface area (Å²) >= 11 is 3.24. The summed E-state index contributed by atoms with van der Waals surface area (Å²) in [6.07, 6.45) is 0. The second kappa shape index (κ2) is 7.60. The Balaban J connectivity index is 3.11. The van der Waals surface area contributed by atoms with Crippen LogP contribution >= 0.6 is 15.9 Å². The fourth-order valence-electron chi connectivity index (χ4n) is 1.67. The second-order valence-electron chi connectivity index (χ2n) is 6.16. The molecule has 0 aromatic heterocycles. The molecule has 0 radical (unpaired) electrons. The maximum Gasteiger partial charge on any atom is 0.244 e. The van der Waals surface area contributed by atoms with Crippen LogP contribution in [0.1, 0.15) is 5.56 Å². The van der Waals surface area contributed by atoms with Gasteiger partial charge < -0.3 is 0 Å². The molecule has 1 rings (SSSR count). The number of sulfonamides is 1. The van der Waals surface area contributed by atoms with Gasteiger partial charge in [-0.15, -0.1) is 5.54 Å². The van der Waals surface area contributed by atoms with Crippen LogP contribution in [0.2, 0.25) is 19.6 Å². The van der Waals surface area contributed by atoms with Crippen LogP contribution in [0.3, 0.4) is 0 Å². The Morgan fingerprint density at radius 3 is 2.27 bits per heavy atom. The van der Waals surface area contributed by atoms with Gasteiger partial charge in [0.2, 0.25) is 10.0 Å². The summed E-state index contributed by atoms with van der Waals surface area (Å²) in [5, 5.41) is 0. The van der Waals surface area contributed by atoms with Gasteiger partial charge in [0.25, 0.3) is 0 Å². The van der Waals surface area contributed by atoms with Gasteiger partial charge in [-0.25, -0.2) is 8.42 Å². The van der Waals surface area contributed by atoms with Gasteiger partial charge in [-0.1, -0.05) is 65.8 Å². The van der Waals surface area contributed by atoms with Crippen LogP contribution in [0, 0.1) is 18.4 Å². The van der Waals surface area contributed by atoms with Crippen LogP contribution in [0.4, 0.5) is 0 Å². The molecule has 0 atom stereocenters. The Kier molecular flexibility index (Phi) is 6.62. The van der Waals surface area contributed by atoms with Crippen LogP contribution in [-0.4, -0.2) is 33.9 Å². The summed E-state index contributed by atoms with van der Waals surface area (Å²) in [5.74, 6) is 3.01. The number of benzene rings is 1. The van der Waals surface area contributed by atoms with Crippen molar-refractivity contribution in [2.75, 3.05) is 13.1 Å². The predicted octanol–water partition coefficient (Wildman–Crippen LogP) is 3.78. The summed E-state index contributed by atoms with van der Waals surface area (Å²) < 4.78 is 27.4. The highest BCUT2D eigenvalue weighted by atomic mass is 79.9. The van der Waals surface area contributed by atoms with Gasteiger partial charge in [0.05, 0.1) is 11.4 Å². The quantitative estimate of drug-likeness (QED) is 0.557. The first kappa shape index (κ1) is 19.2. The lowest BCUT2D eigenvalue weighted by molar-refractivity contribution is 0.477. The van der Waals surface area contributed by atoms with Crippen molar-refractivity contribution in [1.29, 1.82) is 0 Å². The lowest BCUT2D eigenvalue weighted by atomic mass is 10.2. The zero-order chi connectivity index (χ0) is 17.0. The molecule has 0 fully saturated rings. The Hall–Kier alpha value is -0.873. The van der Waals surface area contributed by atoms with Crippen LogP contribution in [-0.2, 0) is 10.0 Å². The molecule has 22 heavy (non-hydrogen) atoms. The molecule has 0 saturated heterocycles. The third-order valence-electron chi connectivity index (χ3n) is 2.73. The minimum absolute atomic E-state index is 0.172. The van der Waals surface area contributed by atoms with Crippen LogP contribution in [0.25, 0.3) is 0 Å². The molecule has 3 nitrogen and oxygen atoms in total. The summed E-state index contributed by atoms with van der Waals surface area (Å²) in [6, 6.07) is 6.84. The molecule has 0 aliphatic heterocycles. The van der Waals surface area contributed by atoms with Crippen LogP contribution in [0.5, 0.6) is 0 Å². The van der Waals surface area contributed by atoms with Crippen molar-refractivity contribution in [3.63, 3.8) is 0 Å². The number of rotatable bonds is 5. The van der Waals surface area contributed by atoms with Crippen LogP contribution in [0.15, 0.2) is 40.2 Å². The fraction of sp³-hybridized carbons (Fsp3) is 0.375. The first-order chi connectivity index (χ1) is 10.0. The van der Waals surface area contributed by atoms with E-state index in [2.05, 4.69) is 53.6 Å². The number of halogens is 1. The van der Waals surface area contributed by atoms with Gasteiger partial charge in [-0.2, -0.15) is 4.31 Å². The van der Waals surface area contributed by atoms with E-state index in [4.69, 9.17) is 0 Å². The van der Waals surface area contributed by atoms with E-state index in [1.165, 1.54) is 4.31 Å². The molecule has 0 N–H and O–H groups in total. The Bertz CT molecular complexity index is 694. The molecule has 0 aliphatic carbocycles. The molecule has 0 heterocycles. The Morgan fingerprint density at radius 2 is 1.82 bits per heavy atom. The molecule has 1 aromatic carbocycles. The predicted molar refractivity (Wildman–Crippen MR) is 99.1 cm³/mol. The Morgan fingerprint density at radius 1 is 1.27 bits per heavy atom. The number of hydrogen-bond acceptors (Lipinski definition) is 2. The first-order valence-corrected chi connectivity index (χ1v) is 12.7. The maximum atomic E-state index is 12.7. The largest absolute Gasteiger partial charge is 0.244 e. The summed E-state index contributed by atoms with van der Waals surface area (Å²) in [6.45, 7) is 12.4. The molecule has 0 saturated carbocycles. The zero-order valence-electron chi connectivity index (χ0n) is 13.5. The number of nitrogens with zero attached hydrogens (tertiary/aromatic N) is 1. The topological polar surface area (TPSA) is 37.4 Å². The summed E-state index contributed by atoms with van der Waals surface area (Å²) in [7, 11) is -5.10. The highest BCUT2D eigenvalue weighted by molar-refractivity contribution is 9.11. The van der Waals surface area contributed by atoms with E-state index in [1.807, 2.05) is 6.92 Å². The molecule has 0 unspecified atom stereocenters. The van der Waals surface area contributed by atoms with Gasteiger partial charge in [0.1, 0.15) is 8.07 Å². The van der Waals surface area contributed by atoms with Crippen molar-refractivity contribution in [2.45, 2.75) is 31.5 Å².